The molecule has 1 rings (SSSR count). The smallest absolute Gasteiger partial charge is 0.135 e. The van der Waals surface area contributed by atoms with Gasteiger partial charge in [-0.2, -0.15) is 0 Å². The minimum atomic E-state index is -0.234. The summed E-state index contributed by atoms with van der Waals surface area (Å²) in [6, 6.07) is 0. The maximum Gasteiger partial charge on any atom is 0.135 e. The van der Waals surface area contributed by atoms with Gasteiger partial charge in [-0.05, 0) is 32.1 Å². The predicted octanol–water partition coefficient (Wildman–Crippen LogP) is 0.470. The van der Waals surface area contributed by atoms with E-state index in [1.807, 2.05) is 7.05 Å². The van der Waals surface area contributed by atoms with Gasteiger partial charge in [0.05, 0.1) is 5.16 Å². The Hall–Kier alpha value is -0.280. The zero-order valence-electron chi connectivity index (χ0n) is 6.71. The molecule has 1 unspecified atom stereocenters. The van der Waals surface area contributed by atoms with Gasteiger partial charge >= 0.3 is 0 Å². The van der Waals surface area contributed by atoms with Crippen molar-refractivity contribution in [1.82, 2.24) is 4.90 Å². The third-order valence-corrected chi connectivity index (χ3v) is 2.45. The molecule has 11 heavy (non-hydrogen) atoms. The summed E-state index contributed by atoms with van der Waals surface area (Å²) in [5.41, 5.74) is 5.39. The van der Waals surface area contributed by atoms with Crippen molar-refractivity contribution in [3.05, 3.63) is 0 Å². The van der Waals surface area contributed by atoms with Crippen molar-refractivity contribution in [3.63, 3.8) is 0 Å². The summed E-state index contributed by atoms with van der Waals surface area (Å²) >= 11 is 4.58. The first kappa shape index (κ1) is 8.81. The monoisotopic (exact) mass is 171 g/mol. The van der Waals surface area contributed by atoms with Gasteiger partial charge in [-0.15, -0.1) is 0 Å². The third-order valence-electron chi connectivity index (χ3n) is 2.36. The second-order valence-corrected chi connectivity index (χ2v) is 3.10. The van der Waals surface area contributed by atoms with Crippen LogP contribution in [0, 0.1) is 0 Å². The van der Waals surface area contributed by atoms with E-state index in [1.165, 1.54) is 0 Å². The van der Waals surface area contributed by atoms with Gasteiger partial charge in [0.1, 0.15) is 5.66 Å². The highest BCUT2D eigenvalue weighted by Gasteiger charge is 2.36. The number of nitrogens with two attached hydrogens (primary N) is 1. The molecule has 62 valence electrons. The highest BCUT2D eigenvalue weighted by molar-refractivity contribution is 7.78. The first-order chi connectivity index (χ1) is 5.25. The minimum absolute atomic E-state index is 0.234. The summed E-state index contributed by atoms with van der Waals surface area (Å²) in [5.74, 6) is 0. The number of hydrogen-bond donors (Lipinski definition) is 1. The normalized spacial score (nSPS) is 31.8. The Morgan fingerprint density at radius 3 is 2.91 bits per heavy atom. The van der Waals surface area contributed by atoms with Crippen LogP contribution in [0.3, 0.4) is 0 Å². The molecule has 0 aliphatic carbocycles. The van der Waals surface area contributed by atoms with Gasteiger partial charge in [-0.1, -0.05) is 0 Å². The number of isothiocyanates is 1. The largest absolute Gasteiger partial charge is 0.327 e. The van der Waals surface area contributed by atoms with Crippen molar-refractivity contribution in [2.24, 2.45) is 10.7 Å². The van der Waals surface area contributed by atoms with E-state index >= 15 is 0 Å². The van der Waals surface area contributed by atoms with E-state index in [0.29, 0.717) is 6.54 Å². The lowest BCUT2D eigenvalue weighted by Gasteiger charge is -2.29. The van der Waals surface area contributed by atoms with Gasteiger partial charge in [0.25, 0.3) is 0 Å². The SMILES string of the molecule is CN1CCCC1(CN)N=C=S. The van der Waals surface area contributed by atoms with Crippen molar-refractivity contribution >= 4 is 17.4 Å². The molecule has 1 heterocycles. The van der Waals surface area contributed by atoms with Gasteiger partial charge in [0.2, 0.25) is 0 Å². The molecule has 0 saturated carbocycles. The van der Waals surface area contributed by atoms with Crippen molar-refractivity contribution in [2.45, 2.75) is 18.5 Å². The third kappa shape index (κ3) is 1.49. The second-order valence-electron chi connectivity index (χ2n) is 2.91. The van der Waals surface area contributed by atoms with Crippen LogP contribution in [-0.4, -0.2) is 35.9 Å². The van der Waals surface area contributed by atoms with E-state index in [0.717, 1.165) is 19.4 Å². The van der Waals surface area contributed by atoms with Crippen LogP contribution in [0.2, 0.25) is 0 Å². The number of hydrogen-bond acceptors (Lipinski definition) is 4. The maximum atomic E-state index is 5.62. The topological polar surface area (TPSA) is 41.6 Å². The molecule has 0 aromatic heterocycles. The Balaban J connectivity index is 2.81. The molecule has 1 fully saturated rings. The van der Waals surface area contributed by atoms with E-state index in [-0.39, 0.29) is 5.66 Å². The van der Waals surface area contributed by atoms with Crippen molar-refractivity contribution < 1.29 is 0 Å². The van der Waals surface area contributed by atoms with Gasteiger partial charge in [-0.3, -0.25) is 4.90 Å². The number of thiocarbonyl (C=S) groups is 1. The lowest BCUT2D eigenvalue weighted by Crippen LogP contribution is -2.45. The minimum Gasteiger partial charge on any atom is -0.327 e. The number of aliphatic imine (C=N–C) groups is 1. The Kier molecular flexibility index (Phi) is 2.73. The molecule has 3 nitrogen and oxygen atoms in total. The molecule has 0 radical (unpaired) electrons. The fraction of sp³-hybridized carbons (Fsp3) is 0.857. The first-order valence-corrected chi connectivity index (χ1v) is 4.16. The zero-order valence-corrected chi connectivity index (χ0v) is 7.52. The molecule has 0 amide bonds. The molecule has 1 aliphatic heterocycles. The second kappa shape index (κ2) is 3.41. The van der Waals surface area contributed by atoms with Crippen LogP contribution in [0.25, 0.3) is 0 Å². The Morgan fingerprint density at radius 1 is 1.82 bits per heavy atom. The van der Waals surface area contributed by atoms with Crippen LogP contribution in [0.5, 0.6) is 0 Å². The summed E-state index contributed by atoms with van der Waals surface area (Å²) in [7, 11) is 2.02. The molecule has 2 N–H and O–H groups in total. The first-order valence-electron chi connectivity index (χ1n) is 3.75. The van der Waals surface area contributed by atoms with Gasteiger partial charge in [0, 0.05) is 13.1 Å². The summed E-state index contributed by atoms with van der Waals surface area (Å²) in [6.45, 7) is 1.59. The lowest BCUT2D eigenvalue weighted by atomic mass is 10.1. The highest BCUT2D eigenvalue weighted by atomic mass is 32.1. The van der Waals surface area contributed by atoms with Crippen LogP contribution < -0.4 is 5.73 Å². The number of likely N-dealkylation sites (tertiary alicyclic amines) is 1. The number of rotatable bonds is 2. The van der Waals surface area contributed by atoms with E-state index < -0.39 is 0 Å². The average molecular weight is 171 g/mol. The number of likely N-dealkylation sites (N-methyl/N-ethyl adjacent to an activating group) is 1. The predicted molar refractivity (Wildman–Crippen MR) is 48.7 cm³/mol. The van der Waals surface area contributed by atoms with Gasteiger partial charge < -0.3 is 5.73 Å². The molecule has 0 bridgehead atoms. The van der Waals surface area contributed by atoms with Crippen LogP contribution in [-0.2, 0) is 0 Å². The van der Waals surface area contributed by atoms with Crippen molar-refractivity contribution in [2.75, 3.05) is 20.1 Å². The molecule has 0 spiro atoms. The fourth-order valence-corrected chi connectivity index (χ4v) is 1.70. The van der Waals surface area contributed by atoms with E-state index in [9.17, 15) is 0 Å². The number of nitrogens with zero attached hydrogens (tertiary/aromatic N) is 2. The summed E-state index contributed by atoms with van der Waals surface area (Å²) < 4.78 is 0. The molecule has 4 heteroatoms. The van der Waals surface area contributed by atoms with E-state index in [4.69, 9.17) is 5.73 Å². The zero-order chi connectivity index (χ0) is 8.32. The van der Waals surface area contributed by atoms with Crippen LogP contribution in [0.4, 0.5) is 0 Å². The molecule has 0 aromatic rings. The summed E-state index contributed by atoms with van der Waals surface area (Å²) in [5, 5.41) is 2.42. The van der Waals surface area contributed by atoms with Crippen molar-refractivity contribution in [1.29, 1.82) is 0 Å². The Labute approximate surface area is 72.3 Å². The average Bonchev–Trinajstić information content (AvgIpc) is 2.35. The molecule has 1 saturated heterocycles. The van der Waals surface area contributed by atoms with Gasteiger partial charge in [0.15, 0.2) is 0 Å². The summed E-state index contributed by atoms with van der Waals surface area (Å²) in [6.07, 6.45) is 2.15. The van der Waals surface area contributed by atoms with Crippen LogP contribution in [0.1, 0.15) is 12.8 Å². The molecule has 1 aliphatic rings. The lowest BCUT2D eigenvalue weighted by molar-refractivity contribution is 0.193. The highest BCUT2D eigenvalue weighted by Crippen LogP contribution is 2.27. The Morgan fingerprint density at radius 2 is 2.55 bits per heavy atom. The van der Waals surface area contributed by atoms with Gasteiger partial charge in [-0.25, -0.2) is 4.99 Å². The quantitative estimate of drug-likeness (QED) is 0.485. The Bertz CT molecular complexity index is 188. The van der Waals surface area contributed by atoms with E-state index in [2.05, 4.69) is 27.3 Å². The van der Waals surface area contributed by atoms with Crippen molar-refractivity contribution in [3.8, 4) is 0 Å². The molecule has 1 atom stereocenters. The molecular formula is C7H13N3S. The molecule has 0 aromatic carbocycles. The summed E-state index contributed by atoms with van der Waals surface area (Å²) in [4.78, 5) is 6.27. The molecular weight excluding hydrogens is 158 g/mol. The van der Waals surface area contributed by atoms with E-state index in [1.54, 1.807) is 0 Å². The van der Waals surface area contributed by atoms with Crippen LogP contribution in [0.15, 0.2) is 4.99 Å². The maximum absolute atomic E-state index is 5.62. The standard InChI is InChI=1S/C7H13N3S/c1-10-4-2-3-7(10,5-8)9-6-11/h2-5,8H2,1H3. The van der Waals surface area contributed by atoms with Crippen LogP contribution >= 0.6 is 12.2 Å². The fourth-order valence-electron chi connectivity index (χ4n) is 1.53.